The van der Waals surface area contributed by atoms with Gasteiger partial charge in [-0.25, -0.2) is 0 Å². The minimum atomic E-state index is 0.710. The van der Waals surface area contributed by atoms with Gasteiger partial charge in [0.1, 0.15) is 0 Å². The van der Waals surface area contributed by atoms with Crippen molar-refractivity contribution in [3.8, 4) is 6.07 Å². The third-order valence-corrected chi connectivity index (χ3v) is 4.44. The molecule has 0 saturated carbocycles. The van der Waals surface area contributed by atoms with E-state index >= 15 is 0 Å². The Morgan fingerprint density at radius 2 is 2.00 bits per heavy atom. The summed E-state index contributed by atoms with van der Waals surface area (Å²) in [6.45, 7) is 4.55. The van der Waals surface area contributed by atoms with Crippen molar-refractivity contribution in [2.75, 3.05) is 31.1 Å². The van der Waals surface area contributed by atoms with Gasteiger partial charge in [0.15, 0.2) is 0 Å². The molecule has 0 spiro atoms. The van der Waals surface area contributed by atoms with Crippen molar-refractivity contribution in [2.45, 2.75) is 0 Å². The number of benzene rings is 1. The average Bonchev–Trinajstić information content (AvgIpc) is 2.89. The first-order valence-corrected chi connectivity index (χ1v) is 6.72. The Labute approximate surface area is 110 Å². The summed E-state index contributed by atoms with van der Waals surface area (Å²) in [5, 5.41) is 12.3. The Morgan fingerprint density at radius 1 is 1.29 bits per heavy atom. The van der Waals surface area contributed by atoms with Gasteiger partial charge >= 0.3 is 0 Å². The van der Waals surface area contributed by atoms with Crippen LogP contribution in [0.4, 0.5) is 5.69 Å². The Kier molecular flexibility index (Phi) is 2.81. The van der Waals surface area contributed by atoms with Crippen LogP contribution in [0.15, 0.2) is 22.7 Å². The Morgan fingerprint density at radius 3 is 2.59 bits per heavy atom. The van der Waals surface area contributed by atoms with E-state index in [4.69, 9.17) is 5.26 Å². The van der Waals surface area contributed by atoms with Crippen LogP contribution in [0.25, 0.3) is 0 Å². The molecule has 1 aromatic rings. The lowest BCUT2D eigenvalue weighted by molar-refractivity contribution is 0.533. The largest absolute Gasteiger partial charge is 0.370 e. The smallest absolute Gasteiger partial charge is 0.0992 e. The van der Waals surface area contributed by atoms with Gasteiger partial charge in [0, 0.05) is 30.7 Å². The molecule has 3 nitrogen and oxygen atoms in total. The van der Waals surface area contributed by atoms with Crippen molar-refractivity contribution in [3.05, 3.63) is 28.2 Å². The maximum Gasteiger partial charge on any atom is 0.0992 e. The summed E-state index contributed by atoms with van der Waals surface area (Å²) in [7, 11) is 0. The van der Waals surface area contributed by atoms with E-state index in [-0.39, 0.29) is 0 Å². The summed E-state index contributed by atoms with van der Waals surface area (Å²) >= 11 is 3.57. The van der Waals surface area contributed by atoms with Crippen LogP contribution in [0.2, 0.25) is 0 Å². The molecular formula is C13H14BrN3. The standard InChI is InChI=1S/C13H14BrN3/c14-12-3-9(4-15)1-2-13(12)17-7-10-5-16-6-11(10)8-17/h1-3,10-11,16H,5-8H2/t10-,11+. The van der Waals surface area contributed by atoms with E-state index in [0.717, 1.165) is 42.5 Å². The molecule has 0 radical (unpaired) electrons. The van der Waals surface area contributed by atoms with E-state index in [9.17, 15) is 0 Å². The number of halogens is 1. The number of nitrogens with one attached hydrogen (secondary N) is 1. The van der Waals surface area contributed by atoms with E-state index in [2.05, 4.69) is 38.3 Å². The molecule has 2 fully saturated rings. The van der Waals surface area contributed by atoms with Gasteiger partial charge in [-0.1, -0.05) is 0 Å². The lowest BCUT2D eigenvalue weighted by atomic mass is 10.0. The fraction of sp³-hybridized carbons (Fsp3) is 0.462. The zero-order chi connectivity index (χ0) is 11.8. The van der Waals surface area contributed by atoms with E-state index in [1.54, 1.807) is 0 Å². The second kappa shape index (κ2) is 4.32. The van der Waals surface area contributed by atoms with Crippen molar-refractivity contribution >= 4 is 21.6 Å². The predicted molar refractivity (Wildman–Crippen MR) is 70.9 cm³/mol. The first-order valence-electron chi connectivity index (χ1n) is 5.93. The van der Waals surface area contributed by atoms with Crippen molar-refractivity contribution in [1.29, 1.82) is 5.26 Å². The van der Waals surface area contributed by atoms with Crippen molar-refractivity contribution in [3.63, 3.8) is 0 Å². The quantitative estimate of drug-likeness (QED) is 0.860. The molecule has 2 aliphatic rings. The molecule has 3 rings (SSSR count). The molecular weight excluding hydrogens is 278 g/mol. The fourth-order valence-corrected chi connectivity index (χ4v) is 3.51. The molecule has 0 amide bonds. The molecule has 0 unspecified atom stereocenters. The molecule has 17 heavy (non-hydrogen) atoms. The van der Waals surface area contributed by atoms with Crippen LogP contribution in [0.5, 0.6) is 0 Å². The second-order valence-corrected chi connectivity index (χ2v) is 5.72. The van der Waals surface area contributed by atoms with Gasteiger partial charge in [0.2, 0.25) is 0 Å². The first-order chi connectivity index (χ1) is 8.28. The van der Waals surface area contributed by atoms with Crippen LogP contribution in [-0.2, 0) is 0 Å². The number of fused-ring (bicyclic) bond motifs is 1. The summed E-state index contributed by atoms with van der Waals surface area (Å²) in [5.74, 6) is 1.58. The monoisotopic (exact) mass is 291 g/mol. The molecule has 0 aromatic heterocycles. The third kappa shape index (κ3) is 1.94. The number of rotatable bonds is 1. The highest BCUT2D eigenvalue weighted by Gasteiger charge is 2.36. The molecule has 2 heterocycles. The highest BCUT2D eigenvalue weighted by atomic mass is 79.9. The molecule has 4 heteroatoms. The predicted octanol–water partition coefficient (Wildman–Crippen LogP) is 1.98. The minimum Gasteiger partial charge on any atom is -0.370 e. The number of hydrogen-bond donors (Lipinski definition) is 1. The van der Waals surface area contributed by atoms with Gasteiger partial charge in [0.25, 0.3) is 0 Å². The number of nitriles is 1. The summed E-state index contributed by atoms with van der Waals surface area (Å²) in [5.41, 5.74) is 1.93. The Balaban J connectivity index is 1.84. The van der Waals surface area contributed by atoms with Crippen LogP contribution in [0, 0.1) is 23.2 Å². The molecule has 1 aromatic carbocycles. The Hall–Kier alpha value is -1.05. The normalized spacial score (nSPS) is 26.9. The van der Waals surface area contributed by atoms with Gasteiger partial charge < -0.3 is 10.2 Å². The number of nitrogens with zero attached hydrogens (tertiary/aromatic N) is 2. The topological polar surface area (TPSA) is 39.1 Å². The highest BCUT2D eigenvalue weighted by Crippen LogP contribution is 2.34. The van der Waals surface area contributed by atoms with Crippen LogP contribution < -0.4 is 10.2 Å². The van der Waals surface area contributed by atoms with Crippen LogP contribution in [-0.4, -0.2) is 26.2 Å². The van der Waals surface area contributed by atoms with Gasteiger partial charge in [-0.05, 0) is 46.0 Å². The van der Waals surface area contributed by atoms with Crippen LogP contribution in [0.3, 0.4) is 0 Å². The molecule has 0 bridgehead atoms. The number of anilines is 1. The highest BCUT2D eigenvalue weighted by molar-refractivity contribution is 9.10. The first kappa shape index (κ1) is 11.1. The summed E-state index contributed by atoms with van der Waals surface area (Å²) in [4.78, 5) is 2.43. The second-order valence-electron chi connectivity index (χ2n) is 4.86. The molecule has 0 aliphatic carbocycles. The lowest BCUT2D eigenvalue weighted by Crippen LogP contribution is -2.25. The van der Waals surface area contributed by atoms with E-state index in [1.165, 1.54) is 5.69 Å². The van der Waals surface area contributed by atoms with Crippen molar-refractivity contribution < 1.29 is 0 Å². The zero-order valence-electron chi connectivity index (χ0n) is 9.49. The van der Waals surface area contributed by atoms with Crippen molar-refractivity contribution in [2.24, 2.45) is 11.8 Å². The van der Waals surface area contributed by atoms with Gasteiger partial charge in [0.05, 0.1) is 17.3 Å². The lowest BCUT2D eigenvalue weighted by Gasteiger charge is -2.21. The molecule has 2 atom stereocenters. The fourth-order valence-electron chi connectivity index (χ4n) is 2.88. The van der Waals surface area contributed by atoms with Crippen LogP contribution in [0.1, 0.15) is 5.56 Å². The SMILES string of the molecule is N#Cc1ccc(N2C[C@H]3CNC[C@H]3C2)c(Br)c1. The van der Waals surface area contributed by atoms with Gasteiger partial charge in [-0.2, -0.15) is 5.26 Å². The molecule has 1 N–H and O–H groups in total. The Bertz CT molecular complexity index is 468. The van der Waals surface area contributed by atoms with Gasteiger partial charge in [-0.3, -0.25) is 0 Å². The summed E-state index contributed by atoms with van der Waals surface area (Å²) < 4.78 is 1.03. The van der Waals surface area contributed by atoms with E-state index < -0.39 is 0 Å². The minimum absolute atomic E-state index is 0.710. The van der Waals surface area contributed by atoms with Crippen LogP contribution >= 0.6 is 15.9 Å². The average molecular weight is 292 g/mol. The third-order valence-electron chi connectivity index (χ3n) is 3.81. The van der Waals surface area contributed by atoms with Crippen molar-refractivity contribution in [1.82, 2.24) is 5.32 Å². The number of hydrogen-bond acceptors (Lipinski definition) is 3. The maximum atomic E-state index is 8.86. The maximum absolute atomic E-state index is 8.86. The van der Waals surface area contributed by atoms with Gasteiger partial charge in [-0.15, -0.1) is 0 Å². The summed E-state index contributed by atoms with van der Waals surface area (Å²) in [6.07, 6.45) is 0. The molecule has 2 aliphatic heterocycles. The summed E-state index contributed by atoms with van der Waals surface area (Å²) in [6, 6.07) is 8.02. The van der Waals surface area contributed by atoms with E-state index in [1.807, 2.05) is 12.1 Å². The molecule has 2 saturated heterocycles. The molecule has 88 valence electrons. The van der Waals surface area contributed by atoms with E-state index in [0.29, 0.717) is 5.56 Å². The zero-order valence-corrected chi connectivity index (χ0v) is 11.1.